The Balaban J connectivity index is 2.05. The van der Waals surface area contributed by atoms with Crippen LogP contribution in [0.1, 0.15) is 26.3 Å². The van der Waals surface area contributed by atoms with Crippen molar-refractivity contribution >= 4 is 21.8 Å². The minimum atomic E-state index is -3.13. The molecule has 0 amide bonds. The van der Waals surface area contributed by atoms with Gasteiger partial charge in [0.2, 0.25) is 0 Å². The molecular weight excluding hydrogens is 332 g/mol. The number of benzene rings is 2. The van der Waals surface area contributed by atoms with Gasteiger partial charge in [0.25, 0.3) is 0 Å². The predicted octanol–water partition coefficient (Wildman–Crippen LogP) is 2.24. The first-order valence-electron chi connectivity index (χ1n) is 6.96. The van der Waals surface area contributed by atoms with Crippen molar-refractivity contribution in [1.82, 2.24) is 0 Å². The molecule has 126 valence electrons. The Labute approximate surface area is 139 Å². The van der Waals surface area contributed by atoms with Crippen molar-refractivity contribution in [2.45, 2.75) is 5.75 Å². The third kappa shape index (κ3) is 4.92. The zero-order valence-corrected chi connectivity index (χ0v) is 14.0. The molecule has 0 spiro atoms. The molecule has 24 heavy (non-hydrogen) atoms. The average molecular weight is 348 g/mol. The molecule has 0 aromatic heterocycles. The van der Waals surface area contributed by atoms with Gasteiger partial charge in [-0.2, -0.15) is 0 Å². The highest BCUT2D eigenvalue weighted by Gasteiger charge is 2.11. The summed E-state index contributed by atoms with van der Waals surface area (Å²) in [5.41, 5.74) is 1.24. The van der Waals surface area contributed by atoms with Gasteiger partial charge < -0.3 is 9.47 Å². The van der Waals surface area contributed by atoms with Gasteiger partial charge in [0, 0.05) is 6.26 Å². The maximum Gasteiger partial charge on any atom is 0.343 e. The lowest BCUT2D eigenvalue weighted by Crippen LogP contribution is -2.09. The highest BCUT2D eigenvalue weighted by molar-refractivity contribution is 7.89. The van der Waals surface area contributed by atoms with Crippen LogP contribution in [0.15, 0.2) is 48.5 Å². The fourth-order valence-electron chi connectivity index (χ4n) is 1.98. The van der Waals surface area contributed by atoms with Crippen LogP contribution in [-0.4, -0.2) is 33.7 Å². The first kappa shape index (κ1) is 17.7. The number of hydrogen-bond donors (Lipinski definition) is 0. The standard InChI is InChI=1S/C17H16O6S/c1-22-16(18)13-7-9-15(10-8-13)23-17(19)14-5-3-12(4-6-14)11-24(2,20)21/h3-10H,11H2,1-2H3. The van der Waals surface area contributed by atoms with Crippen LogP contribution < -0.4 is 4.74 Å². The summed E-state index contributed by atoms with van der Waals surface area (Å²) in [4.78, 5) is 23.4. The number of methoxy groups -OCH3 is 1. The van der Waals surface area contributed by atoms with Gasteiger partial charge in [-0.1, -0.05) is 12.1 Å². The number of rotatable bonds is 5. The lowest BCUT2D eigenvalue weighted by Gasteiger charge is -2.06. The number of ether oxygens (including phenoxy) is 2. The second kappa shape index (κ2) is 7.27. The molecule has 0 aliphatic carbocycles. The van der Waals surface area contributed by atoms with Crippen LogP contribution >= 0.6 is 0 Å². The summed E-state index contributed by atoms with van der Waals surface area (Å²) in [6.45, 7) is 0. The van der Waals surface area contributed by atoms with Crippen LogP contribution in [0.3, 0.4) is 0 Å². The zero-order chi connectivity index (χ0) is 17.7. The fourth-order valence-corrected chi connectivity index (χ4v) is 2.78. The number of carbonyl (C=O) groups excluding carboxylic acids is 2. The Morgan fingerprint density at radius 2 is 1.38 bits per heavy atom. The van der Waals surface area contributed by atoms with Gasteiger partial charge in [-0.15, -0.1) is 0 Å². The Morgan fingerprint density at radius 3 is 1.88 bits per heavy atom. The molecule has 2 rings (SSSR count). The second-order valence-corrected chi connectivity index (χ2v) is 7.31. The van der Waals surface area contributed by atoms with Crippen molar-refractivity contribution in [2.75, 3.05) is 13.4 Å². The van der Waals surface area contributed by atoms with Gasteiger partial charge in [0.05, 0.1) is 24.0 Å². The maximum absolute atomic E-state index is 12.1. The van der Waals surface area contributed by atoms with Crippen molar-refractivity contribution in [1.29, 1.82) is 0 Å². The van der Waals surface area contributed by atoms with Crippen LogP contribution in [0, 0.1) is 0 Å². The van der Waals surface area contributed by atoms with E-state index in [1.165, 1.54) is 43.5 Å². The molecule has 0 bridgehead atoms. The molecule has 0 heterocycles. The van der Waals surface area contributed by atoms with E-state index < -0.39 is 21.8 Å². The van der Waals surface area contributed by atoms with Crippen molar-refractivity contribution in [3.8, 4) is 5.75 Å². The lowest BCUT2D eigenvalue weighted by molar-refractivity contribution is 0.0600. The summed E-state index contributed by atoms with van der Waals surface area (Å²) in [7, 11) is -1.84. The van der Waals surface area contributed by atoms with E-state index in [0.29, 0.717) is 16.7 Å². The van der Waals surface area contributed by atoms with Crippen LogP contribution in [0.4, 0.5) is 0 Å². The van der Waals surface area contributed by atoms with E-state index in [1.54, 1.807) is 12.1 Å². The van der Waals surface area contributed by atoms with Gasteiger partial charge in [0.1, 0.15) is 5.75 Å². The number of carbonyl (C=O) groups is 2. The third-order valence-corrected chi connectivity index (χ3v) is 3.96. The van der Waals surface area contributed by atoms with Crippen molar-refractivity contribution in [2.24, 2.45) is 0 Å². The minimum Gasteiger partial charge on any atom is -0.465 e. The summed E-state index contributed by atoms with van der Waals surface area (Å²) in [5, 5.41) is 0. The Hall–Kier alpha value is -2.67. The van der Waals surface area contributed by atoms with E-state index in [4.69, 9.17) is 4.74 Å². The molecule has 0 unspecified atom stereocenters. The molecule has 0 aliphatic rings. The molecule has 2 aromatic rings. The first-order chi connectivity index (χ1) is 11.3. The number of hydrogen-bond acceptors (Lipinski definition) is 6. The quantitative estimate of drug-likeness (QED) is 0.608. The Kier molecular flexibility index (Phi) is 5.35. The predicted molar refractivity (Wildman–Crippen MR) is 87.7 cm³/mol. The van der Waals surface area contributed by atoms with Gasteiger partial charge in [-0.3, -0.25) is 0 Å². The molecule has 2 aromatic carbocycles. The second-order valence-electron chi connectivity index (χ2n) is 5.17. The monoisotopic (exact) mass is 348 g/mol. The van der Waals surface area contributed by atoms with E-state index >= 15 is 0 Å². The Bertz CT molecular complexity index is 836. The van der Waals surface area contributed by atoms with E-state index in [-0.39, 0.29) is 11.5 Å². The van der Waals surface area contributed by atoms with Crippen LogP contribution in [0.2, 0.25) is 0 Å². The minimum absolute atomic E-state index is 0.0860. The molecule has 0 radical (unpaired) electrons. The van der Waals surface area contributed by atoms with Gasteiger partial charge >= 0.3 is 11.9 Å². The molecule has 0 aliphatic heterocycles. The van der Waals surface area contributed by atoms with E-state index in [2.05, 4.69) is 4.74 Å². The third-order valence-electron chi connectivity index (χ3n) is 3.10. The van der Waals surface area contributed by atoms with E-state index in [1.807, 2.05) is 0 Å². The van der Waals surface area contributed by atoms with Crippen molar-refractivity contribution < 1.29 is 27.5 Å². The molecular formula is C17H16O6S. The molecule has 0 saturated heterocycles. The topological polar surface area (TPSA) is 86.7 Å². The molecule has 0 fully saturated rings. The average Bonchev–Trinajstić information content (AvgIpc) is 2.54. The molecule has 0 N–H and O–H groups in total. The van der Waals surface area contributed by atoms with Crippen molar-refractivity contribution in [3.05, 3.63) is 65.2 Å². The molecule has 7 heteroatoms. The van der Waals surface area contributed by atoms with Crippen molar-refractivity contribution in [3.63, 3.8) is 0 Å². The summed E-state index contributed by atoms with van der Waals surface area (Å²) in [6.07, 6.45) is 1.15. The molecule has 0 atom stereocenters. The maximum atomic E-state index is 12.1. The highest BCUT2D eigenvalue weighted by atomic mass is 32.2. The van der Waals surface area contributed by atoms with Gasteiger partial charge in [0.15, 0.2) is 9.84 Å². The summed E-state index contributed by atoms with van der Waals surface area (Å²) in [5.74, 6) is -0.856. The smallest absolute Gasteiger partial charge is 0.343 e. The zero-order valence-electron chi connectivity index (χ0n) is 13.2. The lowest BCUT2D eigenvalue weighted by atomic mass is 10.1. The SMILES string of the molecule is COC(=O)c1ccc(OC(=O)c2ccc(CS(C)(=O)=O)cc2)cc1. The van der Waals surface area contributed by atoms with Crippen LogP contribution in [0.25, 0.3) is 0 Å². The van der Waals surface area contributed by atoms with Gasteiger partial charge in [-0.25, -0.2) is 18.0 Å². The summed E-state index contributed by atoms with van der Waals surface area (Å²) in [6, 6.07) is 12.1. The first-order valence-corrected chi connectivity index (χ1v) is 9.02. The van der Waals surface area contributed by atoms with Crippen LogP contribution in [0.5, 0.6) is 5.75 Å². The van der Waals surface area contributed by atoms with Crippen LogP contribution in [-0.2, 0) is 20.3 Å². The highest BCUT2D eigenvalue weighted by Crippen LogP contribution is 2.16. The van der Waals surface area contributed by atoms with Gasteiger partial charge in [-0.05, 0) is 42.0 Å². The Morgan fingerprint density at radius 1 is 0.875 bits per heavy atom. The summed E-state index contributed by atoms with van der Waals surface area (Å²) < 4.78 is 32.2. The molecule has 0 saturated carbocycles. The van der Waals surface area contributed by atoms with E-state index in [0.717, 1.165) is 6.26 Å². The fraction of sp³-hybridized carbons (Fsp3) is 0.176. The summed E-state index contributed by atoms with van der Waals surface area (Å²) >= 11 is 0. The van der Waals surface area contributed by atoms with E-state index in [9.17, 15) is 18.0 Å². The number of esters is 2. The molecule has 6 nitrogen and oxygen atoms in total. The largest absolute Gasteiger partial charge is 0.465 e. The number of sulfone groups is 1. The normalized spacial score (nSPS) is 10.9.